The first-order valence-electron chi connectivity index (χ1n) is 5.89. The molecule has 0 radical (unpaired) electrons. The molecule has 9 nitrogen and oxygen atoms in total. The van der Waals surface area contributed by atoms with Crippen LogP contribution in [0.3, 0.4) is 0 Å². The van der Waals surface area contributed by atoms with Gasteiger partial charge in [-0.25, -0.2) is 8.42 Å². The van der Waals surface area contributed by atoms with Gasteiger partial charge < -0.3 is 9.84 Å². The fraction of sp³-hybridized carbons (Fsp3) is 0.182. The Kier molecular flexibility index (Phi) is 4.08. The van der Waals surface area contributed by atoms with Crippen LogP contribution in [0.1, 0.15) is 6.92 Å². The Balaban J connectivity index is 2.39. The maximum absolute atomic E-state index is 12.1. The largest absolute Gasteiger partial charge is 0.380 e. The second kappa shape index (κ2) is 5.79. The minimum Gasteiger partial charge on any atom is -0.380 e. The van der Waals surface area contributed by atoms with Gasteiger partial charge in [0.1, 0.15) is 12.0 Å². The highest BCUT2D eigenvalue weighted by Crippen LogP contribution is 2.28. The van der Waals surface area contributed by atoms with E-state index in [1.54, 1.807) is 6.92 Å². The second-order valence-electron chi connectivity index (χ2n) is 3.96. The van der Waals surface area contributed by atoms with Crippen molar-refractivity contribution < 1.29 is 17.9 Å². The van der Waals surface area contributed by atoms with Gasteiger partial charge in [0.15, 0.2) is 5.82 Å². The molecule has 10 heteroatoms. The summed E-state index contributed by atoms with van der Waals surface area (Å²) in [5, 5.41) is 17.1. The molecule has 112 valence electrons. The van der Waals surface area contributed by atoms with Gasteiger partial charge >= 0.3 is 0 Å². The van der Waals surface area contributed by atoms with E-state index in [0.717, 1.165) is 12.1 Å². The third kappa shape index (κ3) is 3.28. The minimum absolute atomic E-state index is 0.0263. The van der Waals surface area contributed by atoms with Crippen molar-refractivity contribution in [2.45, 2.75) is 11.8 Å². The molecule has 1 heterocycles. The van der Waals surface area contributed by atoms with Gasteiger partial charge in [-0.05, 0) is 19.1 Å². The maximum Gasteiger partial charge on any atom is 0.292 e. The van der Waals surface area contributed by atoms with Crippen molar-refractivity contribution in [3.63, 3.8) is 0 Å². The van der Waals surface area contributed by atoms with Crippen molar-refractivity contribution in [2.75, 3.05) is 16.6 Å². The van der Waals surface area contributed by atoms with Crippen LogP contribution < -0.4 is 10.0 Å². The number of aromatic nitrogens is 1. The molecule has 2 aromatic rings. The zero-order valence-corrected chi connectivity index (χ0v) is 11.8. The van der Waals surface area contributed by atoms with Crippen LogP contribution in [0.5, 0.6) is 0 Å². The Labute approximate surface area is 120 Å². The molecule has 0 saturated heterocycles. The predicted molar refractivity (Wildman–Crippen MR) is 74.6 cm³/mol. The van der Waals surface area contributed by atoms with Crippen LogP contribution in [-0.4, -0.2) is 25.0 Å². The average molecular weight is 312 g/mol. The molecule has 0 aliphatic heterocycles. The number of nitrogens with one attached hydrogen (secondary N) is 2. The quantitative estimate of drug-likeness (QED) is 0.615. The molecule has 0 atom stereocenters. The van der Waals surface area contributed by atoms with Crippen molar-refractivity contribution in [2.24, 2.45) is 0 Å². The van der Waals surface area contributed by atoms with E-state index in [0.29, 0.717) is 6.54 Å². The first-order valence-corrected chi connectivity index (χ1v) is 7.38. The molecule has 1 aromatic heterocycles. The summed E-state index contributed by atoms with van der Waals surface area (Å²) in [4.78, 5) is 10.2. The van der Waals surface area contributed by atoms with E-state index < -0.39 is 14.9 Å². The van der Waals surface area contributed by atoms with Gasteiger partial charge in [0.25, 0.3) is 15.7 Å². The SMILES string of the molecule is CCNc1cc(S(=O)(=O)Nc2ccon2)ccc1[N+](=O)[O-]. The maximum atomic E-state index is 12.1. The molecule has 1 aromatic carbocycles. The van der Waals surface area contributed by atoms with Gasteiger partial charge in [-0.2, -0.15) is 0 Å². The molecular formula is C11H12N4O5S. The fourth-order valence-corrected chi connectivity index (χ4v) is 2.65. The first kappa shape index (κ1) is 14.8. The highest BCUT2D eigenvalue weighted by atomic mass is 32.2. The number of benzene rings is 1. The molecule has 0 amide bonds. The molecule has 0 unspecified atom stereocenters. The summed E-state index contributed by atoms with van der Waals surface area (Å²) in [6.07, 6.45) is 1.22. The Morgan fingerprint density at radius 1 is 1.38 bits per heavy atom. The number of nitrogens with zero attached hydrogens (tertiary/aromatic N) is 2. The van der Waals surface area contributed by atoms with Crippen molar-refractivity contribution >= 4 is 27.2 Å². The molecule has 21 heavy (non-hydrogen) atoms. The summed E-state index contributed by atoms with van der Waals surface area (Å²) < 4.78 is 31.0. The van der Waals surface area contributed by atoms with Gasteiger partial charge in [0, 0.05) is 18.7 Å². The van der Waals surface area contributed by atoms with E-state index in [9.17, 15) is 18.5 Å². The predicted octanol–water partition coefficient (Wildman–Crippen LogP) is 1.82. The first-order chi connectivity index (χ1) is 9.94. The van der Waals surface area contributed by atoms with E-state index in [-0.39, 0.29) is 22.1 Å². The van der Waals surface area contributed by atoms with E-state index in [1.807, 2.05) is 0 Å². The zero-order chi connectivity index (χ0) is 15.5. The molecule has 0 saturated carbocycles. The number of rotatable bonds is 6. The van der Waals surface area contributed by atoms with Crippen LogP contribution >= 0.6 is 0 Å². The molecule has 2 rings (SSSR count). The highest BCUT2D eigenvalue weighted by molar-refractivity contribution is 7.92. The number of hydrogen-bond donors (Lipinski definition) is 2. The molecule has 2 N–H and O–H groups in total. The highest BCUT2D eigenvalue weighted by Gasteiger charge is 2.21. The minimum atomic E-state index is -3.90. The molecule has 0 bridgehead atoms. The summed E-state index contributed by atoms with van der Waals surface area (Å²) >= 11 is 0. The Morgan fingerprint density at radius 2 is 2.14 bits per heavy atom. The van der Waals surface area contributed by atoms with Crippen molar-refractivity contribution in [1.29, 1.82) is 0 Å². The second-order valence-corrected chi connectivity index (χ2v) is 5.64. The lowest BCUT2D eigenvalue weighted by Crippen LogP contribution is -2.14. The Bertz CT molecular complexity index is 742. The van der Waals surface area contributed by atoms with Crippen LogP contribution in [0.15, 0.2) is 39.9 Å². The van der Waals surface area contributed by atoms with E-state index >= 15 is 0 Å². The van der Waals surface area contributed by atoms with Crippen molar-refractivity contribution in [1.82, 2.24) is 5.16 Å². The average Bonchev–Trinajstić information content (AvgIpc) is 2.91. The number of anilines is 2. The van der Waals surface area contributed by atoms with Gasteiger partial charge in [-0.1, -0.05) is 5.16 Å². The van der Waals surface area contributed by atoms with Crippen LogP contribution in [0.2, 0.25) is 0 Å². The number of sulfonamides is 1. The lowest BCUT2D eigenvalue weighted by molar-refractivity contribution is -0.384. The lowest BCUT2D eigenvalue weighted by atomic mass is 10.2. The summed E-state index contributed by atoms with van der Waals surface area (Å²) in [5.74, 6) is 0.0263. The fourth-order valence-electron chi connectivity index (χ4n) is 1.64. The van der Waals surface area contributed by atoms with E-state index in [1.165, 1.54) is 18.4 Å². The third-order valence-corrected chi connectivity index (χ3v) is 3.87. The third-order valence-electron chi connectivity index (χ3n) is 2.52. The van der Waals surface area contributed by atoms with Crippen LogP contribution in [0.25, 0.3) is 0 Å². The van der Waals surface area contributed by atoms with E-state index in [2.05, 4.69) is 19.7 Å². The Morgan fingerprint density at radius 3 is 2.71 bits per heavy atom. The standard InChI is InChI=1S/C11H12N4O5S/c1-2-12-9-7-8(3-4-10(9)15(16)17)21(18,19)14-11-5-6-20-13-11/h3-7,12H,2H2,1H3,(H,13,14). The van der Waals surface area contributed by atoms with Gasteiger partial charge in [0.2, 0.25) is 0 Å². The summed E-state index contributed by atoms with van der Waals surface area (Å²) in [5.41, 5.74) is -0.0669. The molecule has 0 fully saturated rings. The van der Waals surface area contributed by atoms with E-state index in [4.69, 9.17) is 0 Å². The molecule has 0 aliphatic rings. The monoisotopic (exact) mass is 312 g/mol. The van der Waals surface area contributed by atoms with Gasteiger partial charge in [-0.3, -0.25) is 14.8 Å². The summed E-state index contributed by atoms with van der Waals surface area (Å²) in [7, 11) is -3.90. The molecule has 0 spiro atoms. The molecule has 0 aliphatic carbocycles. The number of nitro benzene ring substituents is 1. The summed E-state index contributed by atoms with van der Waals surface area (Å²) in [6.45, 7) is 2.17. The number of hydrogen-bond acceptors (Lipinski definition) is 7. The lowest BCUT2D eigenvalue weighted by Gasteiger charge is -2.08. The van der Waals surface area contributed by atoms with Crippen LogP contribution in [0.4, 0.5) is 17.2 Å². The van der Waals surface area contributed by atoms with Crippen LogP contribution in [-0.2, 0) is 10.0 Å². The van der Waals surface area contributed by atoms with Gasteiger partial charge in [0.05, 0.1) is 9.82 Å². The number of nitro groups is 1. The zero-order valence-electron chi connectivity index (χ0n) is 10.9. The van der Waals surface area contributed by atoms with Gasteiger partial charge in [-0.15, -0.1) is 0 Å². The normalized spacial score (nSPS) is 11.1. The molecular weight excluding hydrogens is 300 g/mol. The Hall–Kier alpha value is -2.62. The topological polar surface area (TPSA) is 127 Å². The smallest absolute Gasteiger partial charge is 0.292 e. The van der Waals surface area contributed by atoms with Crippen molar-refractivity contribution in [3.8, 4) is 0 Å². The summed E-state index contributed by atoms with van der Waals surface area (Å²) in [6, 6.07) is 4.83. The van der Waals surface area contributed by atoms with Crippen molar-refractivity contribution in [3.05, 3.63) is 40.6 Å². The van der Waals surface area contributed by atoms with Crippen LogP contribution in [0, 0.1) is 10.1 Å².